The fourth-order valence-corrected chi connectivity index (χ4v) is 2.29. The van der Waals surface area contributed by atoms with Crippen molar-refractivity contribution in [2.45, 2.75) is 6.54 Å². The van der Waals surface area contributed by atoms with Crippen molar-refractivity contribution in [1.29, 1.82) is 0 Å². The van der Waals surface area contributed by atoms with Gasteiger partial charge < -0.3 is 11.5 Å². The Labute approximate surface area is 131 Å². The maximum Gasteiger partial charge on any atom is 0.248 e. The molecule has 0 aliphatic carbocycles. The highest BCUT2D eigenvalue weighted by Crippen LogP contribution is 2.25. The van der Waals surface area contributed by atoms with Gasteiger partial charge in [-0.15, -0.1) is 5.10 Å². The largest absolute Gasteiger partial charge is 0.366 e. The first-order valence-electron chi connectivity index (χ1n) is 6.91. The molecule has 4 N–H and O–H groups in total. The SMILES string of the molecule is NCc1nnn(-c2ccc(C(N)=O)cc2)c1-c1ccc(F)cc1. The number of primary amides is 1. The van der Waals surface area contributed by atoms with Crippen molar-refractivity contribution in [2.24, 2.45) is 11.5 Å². The van der Waals surface area contributed by atoms with Crippen LogP contribution in [-0.2, 0) is 6.54 Å². The molecule has 0 radical (unpaired) electrons. The highest BCUT2D eigenvalue weighted by molar-refractivity contribution is 5.92. The number of nitrogens with two attached hydrogens (primary N) is 2. The molecule has 3 aromatic rings. The molecule has 0 unspecified atom stereocenters. The lowest BCUT2D eigenvalue weighted by molar-refractivity contribution is 0.100. The van der Waals surface area contributed by atoms with Gasteiger partial charge >= 0.3 is 0 Å². The molecule has 3 rings (SSSR count). The summed E-state index contributed by atoms with van der Waals surface area (Å²) in [5.74, 6) is -0.829. The second-order valence-electron chi connectivity index (χ2n) is 4.92. The van der Waals surface area contributed by atoms with E-state index in [1.165, 1.54) is 12.1 Å². The summed E-state index contributed by atoms with van der Waals surface area (Å²) in [6.45, 7) is 0.200. The molecule has 0 fully saturated rings. The number of hydrogen-bond acceptors (Lipinski definition) is 4. The van der Waals surface area contributed by atoms with Crippen LogP contribution in [0.25, 0.3) is 16.9 Å². The van der Waals surface area contributed by atoms with Crippen LogP contribution in [0, 0.1) is 5.82 Å². The Kier molecular flexibility index (Phi) is 3.86. The summed E-state index contributed by atoms with van der Waals surface area (Å²) in [6, 6.07) is 12.6. The smallest absolute Gasteiger partial charge is 0.248 e. The number of halogens is 1. The quantitative estimate of drug-likeness (QED) is 0.765. The van der Waals surface area contributed by atoms with E-state index in [0.29, 0.717) is 22.6 Å². The molecule has 0 saturated heterocycles. The lowest BCUT2D eigenvalue weighted by Gasteiger charge is -2.08. The molecule has 23 heavy (non-hydrogen) atoms. The highest BCUT2D eigenvalue weighted by atomic mass is 19.1. The monoisotopic (exact) mass is 311 g/mol. The van der Waals surface area contributed by atoms with Crippen LogP contribution in [0.15, 0.2) is 48.5 Å². The minimum absolute atomic E-state index is 0.200. The molecule has 1 heterocycles. The topological polar surface area (TPSA) is 99.8 Å². The summed E-state index contributed by atoms with van der Waals surface area (Å²) >= 11 is 0. The average Bonchev–Trinajstić information content (AvgIpc) is 2.99. The van der Waals surface area contributed by atoms with Gasteiger partial charge in [-0.2, -0.15) is 0 Å². The van der Waals surface area contributed by atoms with Crippen LogP contribution in [0.1, 0.15) is 16.1 Å². The number of amides is 1. The molecule has 0 aliphatic rings. The van der Waals surface area contributed by atoms with Crippen molar-refractivity contribution >= 4 is 5.91 Å². The van der Waals surface area contributed by atoms with Gasteiger partial charge in [0.25, 0.3) is 0 Å². The fourth-order valence-electron chi connectivity index (χ4n) is 2.29. The zero-order valence-corrected chi connectivity index (χ0v) is 12.1. The maximum absolute atomic E-state index is 13.1. The van der Waals surface area contributed by atoms with Crippen molar-refractivity contribution in [3.8, 4) is 16.9 Å². The van der Waals surface area contributed by atoms with Gasteiger partial charge in [-0.3, -0.25) is 4.79 Å². The van der Waals surface area contributed by atoms with Crippen LogP contribution < -0.4 is 11.5 Å². The second-order valence-corrected chi connectivity index (χ2v) is 4.92. The molecule has 0 saturated carbocycles. The van der Waals surface area contributed by atoms with Gasteiger partial charge in [0.2, 0.25) is 5.91 Å². The van der Waals surface area contributed by atoms with E-state index in [4.69, 9.17) is 11.5 Å². The van der Waals surface area contributed by atoms with Crippen LogP contribution in [0.3, 0.4) is 0 Å². The van der Waals surface area contributed by atoms with Crippen LogP contribution in [0.2, 0.25) is 0 Å². The number of aromatic nitrogens is 3. The molecule has 116 valence electrons. The molecule has 0 atom stereocenters. The van der Waals surface area contributed by atoms with Crippen LogP contribution in [-0.4, -0.2) is 20.9 Å². The summed E-state index contributed by atoms with van der Waals surface area (Å²) < 4.78 is 14.7. The predicted molar refractivity (Wildman–Crippen MR) is 83.2 cm³/mol. The number of carbonyl (C=O) groups is 1. The Morgan fingerprint density at radius 2 is 1.74 bits per heavy atom. The molecule has 6 nitrogen and oxygen atoms in total. The van der Waals surface area contributed by atoms with Crippen molar-refractivity contribution in [3.63, 3.8) is 0 Å². The molecule has 1 amide bonds. The number of carbonyl (C=O) groups excluding carboxylic acids is 1. The normalized spacial score (nSPS) is 10.7. The van der Waals surface area contributed by atoms with Gasteiger partial charge in [-0.1, -0.05) is 5.21 Å². The van der Waals surface area contributed by atoms with E-state index in [1.807, 2.05) is 0 Å². The van der Waals surface area contributed by atoms with Gasteiger partial charge in [0.1, 0.15) is 11.5 Å². The highest BCUT2D eigenvalue weighted by Gasteiger charge is 2.15. The van der Waals surface area contributed by atoms with Crippen molar-refractivity contribution in [2.75, 3.05) is 0 Å². The van der Waals surface area contributed by atoms with E-state index in [-0.39, 0.29) is 12.4 Å². The minimum atomic E-state index is -0.503. The molecule has 0 spiro atoms. The van der Waals surface area contributed by atoms with Gasteiger partial charge in [0.15, 0.2) is 0 Å². The van der Waals surface area contributed by atoms with Gasteiger partial charge in [0, 0.05) is 17.7 Å². The van der Waals surface area contributed by atoms with E-state index in [9.17, 15) is 9.18 Å². The molecular weight excluding hydrogens is 297 g/mol. The molecule has 1 aromatic heterocycles. The summed E-state index contributed by atoms with van der Waals surface area (Å²) in [7, 11) is 0. The lowest BCUT2D eigenvalue weighted by atomic mass is 10.1. The summed E-state index contributed by atoms with van der Waals surface area (Å²) in [6.07, 6.45) is 0. The summed E-state index contributed by atoms with van der Waals surface area (Å²) in [4.78, 5) is 11.2. The van der Waals surface area contributed by atoms with E-state index < -0.39 is 5.91 Å². The molecule has 2 aromatic carbocycles. The third-order valence-corrected chi connectivity index (χ3v) is 3.45. The Hall–Kier alpha value is -3.06. The predicted octanol–water partition coefficient (Wildman–Crippen LogP) is 1.63. The van der Waals surface area contributed by atoms with E-state index in [0.717, 1.165) is 5.56 Å². The van der Waals surface area contributed by atoms with Crippen molar-refractivity contribution < 1.29 is 9.18 Å². The standard InChI is InChI=1S/C16H14FN5O/c17-12-5-1-10(2-6-12)15-14(9-18)20-21-22(15)13-7-3-11(4-8-13)16(19)23/h1-8H,9,18H2,(H2,19,23). The van der Waals surface area contributed by atoms with Crippen molar-refractivity contribution in [1.82, 2.24) is 15.0 Å². The first-order valence-corrected chi connectivity index (χ1v) is 6.91. The zero-order valence-electron chi connectivity index (χ0n) is 12.1. The molecular formula is C16H14FN5O. The minimum Gasteiger partial charge on any atom is -0.366 e. The second kappa shape index (κ2) is 5.98. The van der Waals surface area contributed by atoms with E-state index in [1.54, 1.807) is 41.1 Å². The fraction of sp³-hybridized carbons (Fsp3) is 0.0625. The Morgan fingerprint density at radius 1 is 1.09 bits per heavy atom. The summed E-state index contributed by atoms with van der Waals surface area (Å²) in [5, 5.41) is 8.18. The van der Waals surface area contributed by atoms with Gasteiger partial charge in [-0.25, -0.2) is 9.07 Å². The Balaban J connectivity index is 2.11. The van der Waals surface area contributed by atoms with Crippen LogP contribution in [0.5, 0.6) is 0 Å². The number of rotatable bonds is 4. The Morgan fingerprint density at radius 3 is 2.30 bits per heavy atom. The molecule has 7 heteroatoms. The Bertz CT molecular complexity index is 840. The molecule has 0 aliphatic heterocycles. The zero-order chi connectivity index (χ0) is 16.4. The van der Waals surface area contributed by atoms with Crippen molar-refractivity contribution in [3.05, 3.63) is 65.6 Å². The van der Waals surface area contributed by atoms with E-state index in [2.05, 4.69) is 10.3 Å². The molecule has 0 bridgehead atoms. The van der Waals surface area contributed by atoms with Gasteiger partial charge in [-0.05, 0) is 48.5 Å². The van der Waals surface area contributed by atoms with Gasteiger partial charge in [0.05, 0.1) is 11.4 Å². The maximum atomic E-state index is 13.1. The van der Waals surface area contributed by atoms with Crippen LogP contribution >= 0.6 is 0 Å². The first kappa shape index (κ1) is 14.9. The average molecular weight is 311 g/mol. The first-order chi connectivity index (χ1) is 11.1. The number of hydrogen-bond donors (Lipinski definition) is 2. The third-order valence-electron chi connectivity index (χ3n) is 3.45. The summed E-state index contributed by atoms with van der Waals surface area (Å²) in [5.41, 5.74) is 14.1. The van der Waals surface area contributed by atoms with Crippen LogP contribution in [0.4, 0.5) is 4.39 Å². The number of nitrogens with zero attached hydrogens (tertiary/aromatic N) is 3. The third kappa shape index (κ3) is 2.82. The van der Waals surface area contributed by atoms with E-state index >= 15 is 0 Å². The number of benzene rings is 2. The lowest BCUT2D eigenvalue weighted by Crippen LogP contribution is -2.11.